The Kier molecular flexibility index (Phi) is 4.32. The number of carbonyl (C=O) groups is 2. The van der Waals surface area contributed by atoms with E-state index in [1.807, 2.05) is 9.80 Å². The third-order valence-corrected chi connectivity index (χ3v) is 4.66. The van der Waals surface area contributed by atoms with Gasteiger partial charge in [0, 0.05) is 32.1 Å². The van der Waals surface area contributed by atoms with E-state index in [1.165, 1.54) is 0 Å². The van der Waals surface area contributed by atoms with E-state index < -0.39 is 0 Å². The third kappa shape index (κ3) is 3.24. The summed E-state index contributed by atoms with van der Waals surface area (Å²) >= 11 is 0. The molecule has 2 aliphatic heterocycles. The van der Waals surface area contributed by atoms with Crippen molar-refractivity contribution in [1.29, 1.82) is 0 Å². The molecule has 0 bridgehead atoms. The number of hydrogen-bond donors (Lipinski definition) is 1. The Morgan fingerprint density at radius 3 is 2.41 bits per heavy atom. The molecule has 118 valence electrons. The zero-order valence-corrected chi connectivity index (χ0v) is 12.7. The second-order valence-electron chi connectivity index (χ2n) is 6.15. The number of hydrogen-bond acceptors (Lipinski definition) is 3. The summed E-state index contributed by atoms with van der Waals surface area (Å²) in [5.74, 6) is 0.609. The third-order valence-electron chi connectivity index (χ3n) is 4.66. The number of benzene rings is 1. The highest BCUT2D eigenvalue weighted by atomic mass is 16.3. The highest BCUT2D eigenvalue weighted by Crippen LogP contribution is 2.22. The lowest BCUT2D eigenvalue weighted by molar-refractivity contribution is -0.134. The first kappa shape index (κ1) is 14.9. The highest BCUT2D eigenvalue weighted by molar-refractivity contribution is 5.79. The van der Waals surface area contributed by atoms with Crippen molar-refractivity contribution in [2.45, 2.75) is 38.1 Å². The molecule has 2 saturated heterocycles. The van der Waals surface area contributed by atoms with Gasteiger partial charge in [-0.1, -0.05) is 12.1 Å². The van der Waals surface area contributed by atoms with Crippen LogP contribution in [0.4, 0.5) is 0 Å². The molecule has 2 fully saturated rings. The van der Waals surface area contributed by atoms with Crippen LogP contribution in [0.15, 0.2) is 24.3 Å². The van der Waals surface area contributed by atoms with Gasteiger partial charge >= 0.3 is 0 Å². The molecule has 2 aliphatic rings. The van der Waals surface area contributed by atoms with Gasteiger partial charge in [-0.05, 0) is 37.0 Å². The van der Waals surface area contributed by atoms with Crippen LogP contribution in [0.1, 0.15) is 31.2 Å². The molecule has 0 saturated carbocycles. The summed E-state index contributed by atoms with van der Waals surface area (Å²) in [5.41, 5.74) is 0.916. The molecule has 1 N–H and O–H groups in total. The zero-order chi connectivity index (χ0) is 15.5. The number of aromatic hydroxyl groups is 1. The van der Waals surface area contributed by atoms with Crippen molar-refractivity contribution in [1.82, 2.24) is 9.80 Å². The number of phenolic OH excluding ortho intramolecular Hbond substituents is 1. The molecule has 2 amide bonds. The van der Waals surface area contributed by atoms with Gasteiger partial charge in [-0.2, -0.15) is 0 Å². The van der Waals surface area contributed by atoms with Crippen LogP contribution in [0.2, 0.25) is 0 Å². The standard InChI is InChI=1S/C17H22N2O3/c20-15-5-3-13(4-6-15)12-17(22)18-10-7-14(8-11-18)19-9-1-2-16(19)21/h3-6,14,20H,1-2,7-12H2. The van der Waals surface area contributed by atoms with Gasteiger partial charge in [0.1, 0.15) is 5.75 Å². The Bertz CT molecular complexity index is 548. The average Bonchev–Trinajstić information content (AvgIpc) is 2.96. The Labute approximate surface area is 130 Å². The van der Waals surface area contributed by atoms with Crippen LogP contribution in [0.5, 0.6) is 5.75 Å². The number of piperidine rings is 1. The minimum Gasteiger partial charge on any atom is -0.508 e. The van der Waals surface area contributed by atoms with Crippen LogP contribution in [0.3, 0.4) is 0 Å². The Hall–Kier alpha value is -2.04. The van der Waals surface area contributed by atoms with Gasteiger partial charge < -0.3 is 14.9 Å². The summed E-state index contributed by atoms with van der Waals surface area (Å²) in [5, 5.41) is 9.27. The van der Waals surface area contributed by atoms with Gasteiger partial charge in [-0.15, -0.1) is 0 Å². The molecule has 0 unspecified atom stereocenters. The monoisotopic (exact) mass is 302 g/mol. The second kappa shape index (κ2) is 6.38. The average molecular weight is 302 g/mol. The fraction of sp³-hybridized carbons (Fsp3) is 0.529. The number of nitrogens with zero attached hydrogens (tertiary/aromatic N) is 2. The van der Waals surface area contributed by atoms with Crippen molar-refractivity contribution in [3.63, 3.8) is 0 Å². The summed E-state index contributed by atoms with van der Waals surface area (Å²) in [7, 11) is 0. The number of carbonyl (C=O) groups excluding carboxylic acids is 2. The van der Waals surface area contributed by atoms with E-state index in [4.69, 9.17) is 0 Å². The first-order valence-corrected chi connectivity index (χ1v) is 7.98. The number of phenols is 1. The van der Waals surface area contributed by atoms with E-state index in [1.54, 1.807) is 24.3 Å². The van der Waals surface area contributed by atoms with Crippen molar-refractivity contribution < 1.29 is 14.7 Å². The molecular weight excluding hydrogens is 280 g/mol. The Morgan fingerprint density at radius 1 is 1.14 bits per heavy atom. The molecule has 5 nitrogen and oxygen atoms in total. The number of amides is 2. The molecule has 2 heterocycles. The van der Waals surface area contributed by atoms with Crippen LogP contribution >= 0.6 is 0 Å². The molecule has 0 spiro atoms. The fourth-order valence-corrected chi connectivity index (χ4v) is 3.38. The maximum atomic E-state index is 12.3. The molecule has 0 radical (unpaired) electrons. The predicted molar refractivity (Wildman–Crippen MR) is 82.4 cm³/mol. The molecule has 3 rings (SSSR count). The lowest BCUT2D eigenvalue weighted by atomic mass is 10.0. The minimum absolute atomic E-state index is 0.122. The predicted octanol–water partition coefficient (Wildman–Crippen LogP) is 1.55. The van der Waals surface area contributed by atoms with Crippen LogP contribution < -0.4 is 0 Å². The van der Waals surface area contributed by atoms with E-state index in [2.05, 4.69) is 0 Å². The Morgan fingerprint density at radius 2 is 1.82 bits per heavy atom. The van der Waals surface area contributed by atoms with Gasteiger partial charge in [0.25, 0.3) is 0 Å². The summed E-state index contributed by atoms with van der Waals surface area (Å²) in [6.07, 6.45) is 3.78. The zero-order valence-electron chi connectivity index (χ0n) is 12.7. The van der Waals surface area contributed by atoms with Gasteiger partial charge in [0.05, 0.1) is 6.42 Å². The molecule has 22 heavy (non-hydrogen) atoms. The molecule has 0 aromatic heterocycles. The number of likely N-dealkylation sites (tertiary alicyclic amines) is 2. The largest absolute Gasteiger partial charge is 0.508 e. The smallest absolute Gasteiger partial charge is 0.226 e. The fourth-order valence-electron chi connectivity index (χ4n) is 3.38. The van der Waals surface area contributed by atoms with Crippen molar-refractivity contribution in [2.24, 2.45) is 0 Å². The molecule has 0 aliphatic carbocycles. The van der Waals surface area contributed by atoms with Gasteiger partial charge in [0.15, 0.2) is 0 Å². The van der Waals surface area contributed by atoms with Crippen LogP contribution in [-0.4, -0.2) is 52.4 Å². The van der Waals surface area contributed by atoms with Crippen molar-refractivity contribution in [3.8, 4) is 5.75 Å². The lowest BCUT2D eigenvalue weighted by Crippen LogP contribution is -2.47. The number of rotatable bonds is 3. The molecule has 0 atom stereocenters. The van der Waals surface area contributed by atoms with Gasteiger partial charge in [-0.25, -0.2) is 0 Å². The van der Waals surface area contributed by atoms with Crippen LogP contribution in [0, 0.1) is 0 Å². The maximum absolute atomic E-state index is 12.3. The summed E-state index contributed by atoms with van der Waals surface area (Å²) in [6, 6.07) is 7.08. The van der Waals surface area contributed by atoms with Crippen molar-refractivity contribution in [3.05, 3.63) is 29.8 Å². The Balaban J connectivity index is 1.51. The quantitative estimate of drug-likeness (QED) is 0.921. The van der Waals surface area contributed by atoms with E-state index in [0.29, 0.717) is 18.9 Å². The van der Waals surface area contributed by atoms with Crippen LogP contribution in [-0.2, 0) is 16.0 Å². The molecule has 1 aromatic carbocycles. The maximum Gasteiger partial charge on any atom is 0.226 e. The highest BCUT2D eigenvalue weighted by Gasteiger charge is 2.31. The topological polar surface area (TPSA) is 60.9 Å². The van der Waals surface area contributed by atoms with E-state index in [0.717, 1.165) is 44.5 Å². The summed E-state index contributed by atoms with van der Waals surface area (Å²) < 4.78 is 0. The normalized spacial score (nSPS) is 19.7. The van der Waals surface area contributed by atoms with Crippen molar-refractivity contribution in [2.75, 3.05) is 19.6 Å². The first-order chi connectivity index (χ1) is 10.6. The first-order valence-electron chi connectivity index (χ1n) is 7.98. The molecule has 1 aromatic rings. The van der Waals surface area contributed by atoms with Gasteiger partial charge in [-0.3, -0.25) is 9.59 Å². The van der Waals surface area contributed by atoms with E-state index in [9.17, 15) is 14.7 Å². The molecular formula is C17H22N2O3. The van der Waals surface area contributed by atoms with Gasteiger partial charge in [0.2, 0.25) is 11.8 Å². The van der Waals surface area contributed by atoms with Crippen molar-refractivity contribution >= 4 is 11.8 Å². The SMILES string of the molecule is O=C(Cc1ccc(O)cc1)N1CCC(N2CCCC2=O)CC1. The van der Waals surface area contributed by atoms with E-state index >= 15 is 0 Å². The lowest BCUT2D eigenvalue weighted by Gasteiger charge is -2.36. The summed E-state index contributed by atoms with van der Waals surface area (Å²) in [6.45, 7) is 2.34. The minimum atomic E-state index is 0.122. The van der Waals surface area contributed by atoms with Crippen LogP contribution in [0.25, 0.3) is 0 Å². The second-order valence-corrected chi connectivity index (χ2v) is 6.15. The molecule has 5 heteroatoms. The van der Waals surface area contributed by atoms with E-state index in [-0.39, 0.29) is 17.6 Å². The summed E-state index contributed by atoms with van der Waals surface area (Å²) in [4.78, 5) is 28.0.